The molecule has 1 atom stereocenters. The summed E-state index contributed by atoms with van der Waals surface area (Å²) in [6, 6.07) is 0. The monoisotopic (exact) mass is 247 g/mol. The minimum Gasteiger partial charge on any atom is -0.464 e. The number of carbonyl (C=O) groups is 2. The Morgan fingerprint density at radius 2 is 2.06 bits per heavy atom. The molecule has 4 nitrogen and oxygen atoms in total. The first-order chi connectivity index (χ1) is 8.33. The third-order valence-corrected chi connectivity index (χ3v) is 3.47. The van der Waals surface area contributed by atoms with E-state index < -0.39 is 11.5 Å². The first kappa shape index (κ1) is 12.7. The van der Waals surface area contributed by atoms with Gasteiger partial charge in [0.1, 0.15) is 0 Å². The lowest BCUT2D eigenvalue weighted by Gasteiger charge is -2.29. The molecule has 2 rings (SSSR count). The molecule has 1 aliphatic heterocycles. The van der Waals surface area contributed by atoms with Gasteiger partial charge in [0.15, 0.2) is 11.3 Å². The molecular weight excluding hydrogens is 230 g/mol. The second-order valence-electron chi connectivity index (χ2n) is 5.26. The Morgan fingerprint density at radius 1 is 1.39 bits per heavy atom. The van der Waals surface area contributed by atoms with Gasteiger partial charge in [-0.2, -0.15) is 0 Å². The summed E-state index contributed by atoms with van der Waals surface area (Å²) in [6.07, 6.45) is 5.00. The summed E-state index contributed by atoms with van der Waals surface area (Å²) in [5.74, 6) is -0.622. The van der Waals surface area contributed by atoms with Gasteiger partial charge in [-0.25, -0.2) is 4.79 Å². The number of aliphatic imine (C=N–C) groups is 1. The van der Waals surface area contributed by atoms with E-state index in [0.29, 0.717) is 5.57 Å². The van der Waals surface area contributed by atoms with E-state index in [4.69, 9.17) is 4.74 Å². The summed E-state index contributed by atoms with van der Waals surface area (Å²) in [5.41, 5.74) is -0.208. The molecule has 0 saturated carbocycles. The van der Waals surface area contributed by atoms with Gasteiger partial charge < -0.3 is 4.74 Å². The predicted octanol–water partition coefficient (Wildman–Crippen LogP) is 1.85. The minimum absolute atomic E-state index is 0.155. The summed E-state index contributed by atoms with van der Waals surface area (Å²) in [4.78, 5) is 28.3. The summed E-state index contributed by atoms with van der Waals surface area (Å²) in [5, 5.41) is 0. The van der Waals surface area contributed by atoms with Gasteiger partial charge in [0.25, 0.3) is 0 Å². The summed E-state index contributed by atoms with van der Waals surface area (Å²) in [7, 11) is 0. The predicted molar refractivity (Wildman–Crippen MR) is 68.5 cm³/mol. The van der Waals surface area contributed by atoms with Gasteiger partial charge in [0.05, 0.1) is 6.61 Å². The molecule has 0 saturated heterocycles. The fourth-order valence-corrected chi connectivity index (χ4v) is 2.33. The first-order valence-electron chi connectivity index (χ1n) is 6.04. The molecule has 1 unspecified atom stereocenters. The zero-order chi connectivity index (χ0) is 13.6. The van der Waals surface area contributed by atoms with Crippen molar-refractivity contribution in [1.82, 2.24) is 0 Å². The average molecular weight is 247 g/mol. The van der Waals surface area contributed by atoms with Crippen LogP contribution in [-0.2, 0) is 14.3 Å². The van der Waals surface area contributed by atoms with Crippen LogP contribution >= 0.6 is 0 Å². The number of hydrogen-bond acceptors (Lipinski definition) is 4. The summed E-state index contributed by atoms with van der Waals surface area (Å²) < 4.78 is 5.03. The van der Waals surface area contributed by atoms with E-state index in [1.54, 1.807) is 20.1 Å². The van der Waals surface area contributed by atoms with Gasteiger partial charge in [-0.15, -0.1) is 0 Å². The van der Waals surface area contributed by atoms with Gasteiger partial charge >= 0.3 is 5.97 Å². The molecule has 0 aromatic carbocycles. The van der Waals surface area contributed by atoms with Crippen molar-refractivity contribution in [3.63, 3.8) is 0 Å². The highest BCUT2D eigenvalue weighted by atomic mass is 16.5. The molecule has 18 heavy (non-hydrogen) atoms. The second kappa shape index (κ2) is 3.90. The molecule has 96 valence electrons. The molecule has 0 fully saturated rings. The van der Waals surface area contributed by atoms with Crippen LogP contribution < -0.4 is 0 Å². The Balaban J connectivity index is 2.51. The molecule has 0 radical (unpaired) electrons. The number of carbonyl (C=O) groups excluding carboxylic acids is 2. The Labute approximate surface area is 106 Å². The van der Waals surface area contributed by atoms with Gasteiger partial charge in [-0.05, 0) is 25.5 Å². The lowest BCUT2D eigenvalue weighted by Crippen LogP contribution is -2.40. The highest BCUT2D eigenvalue weighted by Gasteiger charge is 2.49. The quantitative estimate of drug-likeness (QED) is 0.700. The van der Waals surface area contributed by atoms with Gasteiger partial charge in [-0.1, -0.05) is 19.9 Å². The third-order valence-electron chi connectivity index (χ3n) is 3.47. The molecule has 0 aromatic rings. The molecule has 1 heterocycles. The number of ether oxygens (including phenoxy) is 1. The van der Waals surface area contributed by atoms with E-state index in [2.05, 4.69) is 4.99 Å². The number of esters is 1. The highest BCUT2D eigenvalue weighted by molar-refractivity contribution is 6.18. The van der Waals surface area contributed by atoms with Crippen molar-refractivity contribution in [3.05, 3.63) is 23.3 Å². The van der Waals surface area contributed by atoms with Crippen LogP contribution in [0.1, 0.15) is 27.7 Å². The number of allylic oxidation sites excluding steroid dienone is 3. The summed E-state index contributed by atoms with van der Waals surface area (Å²) in [6.45, 7) is 7.64. The standard InChI is InChI=1S/C14H17NO3/c1-5-18-12(17)14(4)11-9(8-15-14)13(2,3)7-6-10(11)16/h6-8H,5H2,1-4H3. The lowest BCUT2D eigenvalue weighted by molar-refractivity contribution is -0.147. The topological polar surface area (TPSA) is 55.7 Å². The smallest absolute Gasteiger partial charge is 0.338 e. The Hall–Kier alpha value is -1.71. The van der Waals surface area contributed by atoms with E-state index in [1.807, 2.05) is 19.9 Å². The second-order valence-corrected chi connectivity index (χ2v) is 5.26. The average Bonchev–Trinajstić information content (AvgIpc) is 2.66. The Kier molecular flexibility index (Phi) is 2.76. The zero-order valence-electron chi connectivity index (χ0n) is 11.1. The van der Waals surface area contributed by atoms with E-state index in [1.165, 1.54) is 6.08 Å². The SMILES string of the molecule is CCOC(=O)C1(C)N=CC2=C1C(=O)C=CC2(C)C. The van der Waals surface area contributed by atoms with Crippen molar-refractivity contribution in [2.45, 2.75) is 33.2 Å². The third kappa shape index (κ3) is 1.64. The van der Waals surface area contributed by atoms with Crippen molar-refractivity contribution >= 4 is 18.0 Å². The van der Waals surface area contributed by atoms with Crippen LogP contribution in [0.25, 0.3) is 0 Å². The van der Waals surface area contributed by atoms with Crippen molar-refractivity contribution in [2.24, 2.45) is 10.4 Å². The van der Waals surface area contributed by atoms with Crippen LogP contribution in [0.5, 0.6) is 0 Å². The number of hydrogen-bond donors (Lipinski definition) is 0. The van der Waals surface area contributed by atoms with Crippen LogP contribution in [0, 0.1) is 5.41 Å². The van der Waals surface area contributed by atoms with Crippen molar-refractivity contribution < 1.29 is 14.3 Å². The van der Waals surface area contributed by atoms with Crippen LogP contribution in [0.15, 0.2) is 28.3 Å². The maximum Gasteiger partial charge on any atom is 0.338 e. The summed E-state index contributed by atoms with van der Waals surface area (Å²) >= 11 is 0. The van der Waals surface area contributed by atoms with Crippen LogP contribution in [0.2, 0.25) is 0 Å². The number of rotatable bonds is 2. The fraction of sp³-hybridized carbons (Fsp3) is 0.500. The molecule has 2 aliphatic rings. The van der Waals surface area contributed by atoms with E-state index in [0.717, 1.165) is 5.57 Å². The fourth-order valence-electron chi connectivity index (χ4n) is 2.33. The Bertz CT molecular complexity index is 511. The maximum atomic E-state index is 12.1. The molecule has 0 aromatic heterocycles. The van der Waals surface area contributed by atoms with Gasteiger partial charge in [0, 0.05) is 17.2 Å². The first-order valence-corrected chi connectivity index (χ1v) is 6.04. The van der Waals surface area contributed by atoms with E-state index in [9.17, 15) is 9.59 Å². The normalized spacial score (nSPS) is 28.6. The number of ketones is 1. The largest absolute Gasteiger partial charge is 0.464 e. The van der Waals surface area contributed by atoms with E-state index in [-0.39, 0.29) is 17.8 Å². The molecule has 0 N–H and O–H groups in total. The molecule has 4 heteroatoms. The van der Waals surface area contributed by atoms with E-state index >= 15 is 0 Å². The van der Waals surface area contributed by atoms with Crippen molar-refractivity contribution in [3.8, 4) is 0 Å². The van der Waals surface area contributed by atoms with Crippen LogP contribution in [0.4, 0.5) is 0 Å². The maximum absolute atomic E-state index is 12.1. The number of nitrogens with zero attached hydrogens (tertiary/aromatic N) is 1. The molecular formula is C14H17NO3. The van der Waals surface area contributed by atoms with Crippen molar-refractivity contribution in [1.29, 1.82) is 0 Å². The van der Waals surface area contributed by atoms with Crippen LogP contribution in [-0.4, -0.2) is 30.1 Å². The molecule has 0 amide bonds. The molecule has 1 aliphatic carbocycles. The molecule has 0 bridgehead atoms. The van der Waals surface area contributed by atoms with Gasteiger partial charge in [-0.3, -0.25) is 9.79 Å². The van der Waals surface area contributed by atoms with Crippen molar-refractivity contribution in [2.75, 3.05) is 6.61 Å². The highest BCUT2D eigenvalue weighted by Crippen LogP contribution is 2.42. The van der Waals surface area contributed by atoms with Gasteiger partial charge in [0.2, 0.25) is 0 Å². The Morgan fingerprint density at radius 3 is 2.67 bits per heavy atom. The minimum atomic E-state index is -1.19. The lowest BCUT2D eigenvalue weighted by atomic mass is 9.73. The van der Waals surface area contributed by atoms with Crippen LogP contribution in [0.3, 0.4) is 0 Å². The molecule has 0 spiro atoms. The zero-order valence-corrected chi connectivity index (χ0v) is 11.1.